The lowest BCUT2D eigenvalue weighted by Crippen LogP contribution is -2.33. The van der Waals surface area contributed by atoms with Crippen molar-refractivity contribution in [1.29, 1.82) is 0 Å². The average Bonchev–Trinajstić information content (AvgIpc) is 1.82. The van der Waals surface area contributed by atoms with Crippen LogP contribution in [0.4, 0.5) is 0 Å². The molecule has 0 spiro atoms. The SMILES string of the molecule is C=C(CC(C)(C)N)C(=O)OC. The third-order valence-corrected chi connectivity index (χ3v) is 1.14. The topological polar surface area (TPSA) is 52.3 Å². The van der Waals surface area contributed by atoms with Crippen LogP contribution >= 0.6 is 0 Å². The van der Waals surface area contributed by atoms with Crippen molar-refractivity contribution in [2.45, 2.75) is 25.8 Å². The molecule has 0 aromatic heterocycles. The maximum Gasteiger partial charge on any atom is 0.333 e. The third kappa shape index (κ3) is 4.56. The van der Waals surface area contributed by atoms with Crippen molar-refractivity contribution in [3.63, 3.8) is 0 Å². The van der Waals surface area contributed by atoms with Crippen molar-refractivity contribution in [3.05, 3.63) is 12.2 Å². The van der Waals surface area contributed by atoms with E-state index in [1.54, 1.807) is 0 Å². The van der Waals surface area contributed by atoms with Gasteiger partial charge in [0.15, 0.2) is 0 Å². The van der Waals surface area contributed by atoms with Crippen LogP contribution in [-0.4, -0.2) is 18.6 Å². The summed E-state index contributed by atoms with van der Waals surface area (Å²) < 4.78 is 4.46. The molecule has 64 valence electrons. The number of carbonyl (C=O) groups is 1. The van der Waals surface area contributed by atoms with Crippen LogP contribution in [0, 0.1) is 0 Å². The molecule has 0 heterocycles. The normalized spacial score (nSPS) is 10.9. The second-order valence-corrected chi connectivity index (χ2v) is 3.26. The standard InChI is InChI=1S/C8H15NO2/c1-6(7(10)11-4)5-8(2,3)9/h1,5,9H2,2-4H3. The van der Waals surface area contributed by atoms with Crippen molar-refractivity contribution < 1.29 is 9.53 Å². The van der Waals surface area contributed by atoms with Gasteiger partial charge in [0, 0.05) is 11.1 Å². The number of nitrogens with two attached hydrogens (primary N) is 1. The fourth-order valence-corrected chi connectivity index (χ4v) is 0.766. The number of hydrogen-bond acceptors (Lipinski definition) is 3. The number of hydrogen-bond donors (Lipinski definition) is 1. The lowest BCUT2D eigenvalue weighted by Gasteiger charge is -2.18. The van der Waals surface area contributed by atoms with E-state index in [1.165, 1.54) is 7.11 Å². The Hall–Kier alpha value is -0.830. The molecule has 0 amide bonds. The van der Waals surface area contributed by atoms with Crippen LogP contribution in [0.1, 0.15) is 20.3 Å². The van der Waals surface area contributed by atoms with Gasteiger partial charge in [0.25, 0.3) is 0 Å². The molecule has 0 aliphatic rings. The molecule has 0 aromatic carbocycles. The van der Waals surface area contributed by atoms with Crippen molar-refractivity contribution in [2.24, 2.45) is 5.73 Å². The van der Waals surface area contributed by atoms with E-state index >= 15 is 0 Å². The molecule has 0 saturated heterocycles. The van der Waals surface area contributed by atoms with E-state index in [0.717, 1.165) is 0 Å². The number of rotatable bonds is 3. The van der Waals surface area contributed by atoms with E-state index < -0.39 is 5.54 Å². The molecule has 3 nitrogen and oxygen atoms in total. The zero-order valence-corrected chi connectivity index (χ0v) is 7.31. The van der Waals surface area contributed by atoms with Gasteiger partial charge in [-0.05, 0) is 20.3 Å². The maximum absolute atomic E-state index is 10.8. The Labute approximate surface area is 67.2 Å². The second-order valence-electron chi connectivity index (χ2n) is 3.26. The lowest BCUT2D eigenvalue weighted by molar-refractivity contribution is -0.136. The summed E-state index contributed by atoms with van der Waals surface area (Å²) in [7, 11) is 1.33. The van der Waals surface area contributed by atoms with E-state index in [0.29, 0.717) is 12.0 Å². The first-order chi connectivity index (χ1) is 4.87. The third-order valence-electron chi connectivity index (χ3n) is 1.14. The first-order valence-corrected chi connectivity index (χ1v) is 3.42. The van der Waals surface area contributed by atoms with Gasteiger partial charge in [-0.25, -0.2) is 4.79 Å². The number of esters is 1. The van der Waals surface area contributed by atoms with E-state index in [4.69, 9.17) is 5.73 Å². The summed E-state index contributed by atoms with van der Waals surface area (Å²) in [5, 5.41) is 0. The summed E-state index contributed by atoms with van der Waals surface area (Å²) in [6.45, 7) is 7.23. The van der Waals surface area contributed by atoms with Crippen LogP contribution in [0.25, 0.3) is 0 Å². The molecule has 3 heteroatoms. The predicted molar refractivity (Wildman–Crippen MR) is 44.0 cm³/mol. The predicted octanol–water partition coefficient (Wildman–Crippen LogP) is 0.843. The van der Waals surface area contributed by atoms with Crippen LogP contribution in [0.2, 0.25) is 0 Å². The molecule has 0 aromatic rings. The van der Waals surface area contributed by atoms with Crippen molar-refractivity contribution in [3.8, 4) is 0 Å². The van der Waals surface area contributed by atoms with Crippen molar-refractivity contribution in [1.82, 2.24) is 0 Å². The van der Waals surface area contributed by atoms with Crippen molar-refractivity contribution in [2.75, 3.05) is 7.11 Å². The van der Waals surface area contributed by atoms with Gasteiger partial charge in [-0.2, -0.15) is 0 Å². The zero-order valence-electron chi connectivity index (χ0n) is 7.31. The van der Waals surface area contributed by atoms with Crippen LogP contribution < -0.4 is 5.73 Å². The van der Waals surface area contributed by atoms with Crippen LogP contribution in [-0.2, 0) is 9.53 Å². The first-order valence-electron chi connectivity index (χ1n) is 3.42. The molecular weight excluding hydrogens is 142 g/mol. The van der Waals surface area contributed by atoms with E-state index in [2.05, 4.69) is 11.3 Å². The fourth-order valence-electron chi connectivity index (χ4n) is 0.766. The molecule has 0 rings (SSSR count). The monoisotopic (exact) mass is 157 g/mol. The highest BCUT2D eigenvalue weighted by Crippen LogP contribution is 2.11. The Balaban J connectivity index is 3.99. The van der Waals surface area contributed by atoms with E-state index in [-0.39, 0.29) is 5.97 Å². The summed E-state index contributed by atoms with van der Waals surface area (Å²) in [4.78, 5) is 10.8. The molecule has 11 heavy (non-hydrogen) atoms. The maximum atomic E-state index is 10.8. The molecule has 0 aliphatic heterocycles. The van der Waals surface area contributed by atoms with Gasteiger partial charge in [-0.3, -0.25) is 0 Å². The second kappa shape index (κ2) is 3.53. The van der Waals surface area contributed by atoms with Crippen molar-refractivity contribution >= 4 is 5.97 Å². The highest BCUT2D eigenvalue weighted by Gasteiger charge is 2.16. The fraction of sp³-hybridized carbons (Fsp3) is 0.625. The molecule has 0 saturated carbocycles. The van der Waals surface area contributed by atoms with Gasteiger partial charge in [0.2, 0.25) is 0 Å². The largest absolute Gasteiger partial charge is 0.466 e. The Bertz CT molecular complexity index is 167. The summed E-state index contributed by atoms with van der Waals surface area (Å²) in [5.41, 5.74) is 5.68. The Kier molecular flexibility index (Phi) is 3.26. The quantitative estimate of drug-likeness (QED) is 0.488. The van der Waals surface area contributed by atoms with Gasteiger partial charge in [0.05, 0.1) is 7.11 Å². The minimum atomic E-state index is -0.398. The molecule has 0 bridgehead atoms. The number of carbonyl (C=O) groups excluding carboxylic acids is 1. The van der Waals surface area contributed by atoms with Gasteiger partial charge < -0.3 is 10.5 Å². The molecule has 2 N–H and O–H groups in total. The number of methoxy groups -OCH3 is 1. The molecule has 0 radical (unpaired) electrons. The van der Waals surface area contributed by atoms with Gasteiger partial charge in [0.1, 0.15) is 0 Å². The highest BCUT2D eigenvalue weighted by molar-refractivity contribution is 5.87. The molecule has 0 atom stereocenters. The average molecular weight is 157 g/mol. The summed E-state index contributed by atoms with van der Waals surface area (Å²) in [5.74, 6) is -0.386. The lowest BCUT2D eigenvalue weighted by atomic mass is 9.97. The van der Waals surface area contributed by atoms with Crippen LogP contribution in [0.5, 0.6) is 0 Å². The molecule has 0 fully saturated rings. The van der Waals surface area contributed by atoms with Gasteiger partial charge >= 0.3 is 5.97 Å². The molecular formula is C8H15NO2. The minimum Gasteiger partial charge on any atom is -0.466 e. The molecule has 0 aliphatic carbocycles. The Morgan fingerprint density at radius 3 is 2.36 bits per heavy atom. The highest BCUT2D eigenvalue weighted by atomic mass is 16.5. The number of ether oxygens (including phenoxy) is 1. The van der Waals surface area contributed by atoms with Gasteiger partial charge in [-0.15, -0.1) is 0 Å². The van der Waals surface area contributed by atoms with E-state index in [1.807, 2.05) is 13.8 Å². The first kappa shape index (κ1) is 10.2. The Morgan fingerprint density at radius 1 is 1.64 bits per heavy atom. The van der Waals surface area contributed by atoms with E-state index in [9.17, 15) is 4.79 Å². The Morgan fingerprint density at radius 2 is 2.09 bits per heavy atom. The zero-order chi connectivity index (χ0) is 9.07. The minimum absolute atomic E-state index is 0.386. The summed E-state index contributed by atoms with van der Waals surface area (Å²) in [6, 6.07) is 0. The van der Waals surface area contributed by atoms with Gasteiger partial charge in [-0.1, -0.05) is 6.58 Å². The summed E-state index contributed by atoms with van der Waals surface area (Å²) >= 11 is 0. The smallest absolute Gasteiger partial charge is 0.333 e. The van der Waals surface area contributed by atoms with Crippen LogP contribution in [0.15, 0.2) is 12.2 Å². The molecule has 0 unspecified atom stereocenters. The summed E-state index contributed by atoms with van der Waals surface area (Å²) in [6.07, 6.45) is 0.458. The van der Waals surface area contributed by atoms with Crippen LogP contribution in [0.3, 0.4) is 0 Å².